The van der Waals surface area contributed by atoms with Crippen molar-refractivity contribution in [1.29, 1.82) is 0 Å². The minimum atomic E-state index is -0.777. The lowest BCUT2D eigenvalue weighted by Gasteiger charge is -2.26. The smallest absolute Gasteiger partial charge is 0.295 e. The quantitative estimate of drug-likeness (QED) is 0.407. The van der Waals surface area contributed by atoms with Gasteiger partial charge in [-0.2, -0.15) is 0 Å². The molecule has 2 heterocycles. The lowest BCUT2D eigenvalue weighted by atomic mass is 9.99. The van der Waals surface area contributed by atoms with Crippen molar-refractivity contribution in [2.45, 2.75) is 26.8 Å². The van der Waals surface area contributed by atoms with Gasteiger partial charge in [-0.25, -0.2) is 0 Å². The number of rotatable bonds is 8. The second-order valence-electron chi connectivity index (χ2n) is 7.20. The molecule has 7 heteroatoms. The summed E-state index contributed by atoms with van der Waals surface area (Å²) in [4.78, 5) is 29.5. The van der Waals surface area contributed by atoms with Gasteiger partial charge in [-0.3, -0.25) is 9.59 Å². The Hall–Kier alpha value is -3.06. The van der Waals surface area contributed by atoms with Gasteiger partial charge in [-0.1, -0.05) is 26.0 Å². The number of aliphatic hydroxyl groups is 1. The highest BCUT2D eigenvalue weighted by Crippen LogP contribution is 2.40. The largest absolute Gasteiger partial charge is 0.507 e. The molecule has 2 aromatic rings. The number of hydrogen-bond acceptors (Lipinski definition) is 6. The summed E-state index contributed by atoms with van der Waals surface area (Å²) in [6.45, 7) is 8.56. The molecule has 0 saturated carbocycles. The number of aliphatic hydroxyl groups excluding tert-OH is 1. The predicted molar refractivity (Wildman–Crippen MR) is 113 cm³/mol. The van der Waals surface area contributed by atoms with E-state index in [0.717, 1.165) is 13.1 Å². The van der Waals surface area contributed by atoms with Crippen molar-refractivity contribution in [1.82, 2.24) is 9.80 Å². The predicted octanol–water partition coefficient (Wildman–Crippen LogP) is 3.36. The average Bonchev–Trinajstić information content (AvgIpc) is 3.29. The van der Waals surface area contributed by atoms with Crippen LogP contribution < -0.4 is 4.74 Å². The summed E-state index contributed by atoms with van der Waals surface area (Å²) < 4.78 is 11.0. The zero-order valence-electron chi connectivity index (χ0n) is 17.8. The summed E-state index contributed by atoms with van der Waals surface area (Å²) >= 11 is 0. The van der Waals surface area contributed by atoms with E-state index in [-0.39, 0.29) is 11.3 Å². The summed E-state index contributed by atoms with van der Waals surface area (Å²) in [7, 11) is 1.52. The molecule has 1 amide bonds. The summed E-state index contributed by atoms with van der Waals surface area (Å²) in [5.74, 6) is 0.0767. The number of furan rings is 1. The highest BCUT2D eigenvalue weighted by atomic mass is 16.5. The monoisotopic (exact) mass is 412 g/mol. The molecule has 1 N–H and O–H groups in total. The third-order valence-corrected chi connectivity index (χ3v) is 5.47. The third kappa shape index (κ3) is 4.11. The number of amides is 1. The molecule has 7 nitrogen and oxygen atoms in total. The van der Waals surface area contributed by atoms with Crippen LogP contribution in [0.2, 0.25) is 0 Å². The van der Waals surface area contributed by atoms with E-state index >= 15 is 0 Å². The van der Waals surface area contributed by atoms with Gasteiger partial charge >= 0.3 is 0 Å². The van der Waals surface area contributed by atoms with Gasteiger partial charge in [0.05, 0.1) is 12.7 Å². The number of hydrogen-bond donors (Lipinski definition) is 1. The van der Waals surface area contributed by atoms with Gasteiger partial charge in [0.15, 0.2) is 0 Å². The molecule has 1 fully saturated rings. The normalized spacial score (nSPS) is 18.4. The number of likely N-dealkylation sites (tertiary alicyclic amines) is 1. The van der Waals surface area contributed by atoms with Crippen molar-refractivity contribution in [2.24, 2.45) is 0 Å². The number of ketones is 1. The van der Waals surface area contributed by atoms with Crippen LogP contribution in [0.4, 0.5) is 0 Å². The fourth-order valence-corrected chi connectivity index (χ4v) is 3.72. The van der Waals surface area contributed by atoms with Crippen molar-refractivity contribution in [3.8, 4) is 5.75 Å². The highest BCUT2D eigenvalue weighted by Gasteiger charge is 2.47. The van der Waals surface area contributed by atoms with Crippen LogP contribution in [0.25, 0.3) is 5.76 Å². The molecule has 1 aromatic heterocycles. The fourth-order valence-electron chi connectivity index (χ4n) is 3.72. The minimum Gasteiger partial charge on any atom is -0.507 e. The second-order valence-corrected chi connectivity index (χ2v) is 7.20. The number of Topliss-reactive ketones (excluding diaryl/α,β-unsaturated/α-hetero) is 1. The Morgan fingerprint density at radius 3 is 2.53 bits per heavy atom. The van der Waals surface area contributed by atoms with E-state index in [0.29, 0.717) is 35.9 Å². The maximum absolute atomic E-state index is 13.0. The molecule has 0 bridgehead atoms. The van der Waals surface area contributed by atoms with Gasteiger partial charge in [0, 0.05) is 18.7 Å². The summed E-state index contributed by atoms with van der Waals surface area (Å²) in [6.07, 6.45) is 0. The lowest BCUT2D eigenvalue weighted by Crippen LogP contribution is -2.37. The van der Waals surface area contributed by atoms with E-state index in [1.165, 1.54) is 12.0 Å². The minimum absolute atomic E-state index is 0.0298. The molecule has 1 aliphatic heterocycles. The molecular formula is C23H28N2O5. The van der Waals surface area contributed by atoms with Crippen LogP contribution in [0.1, 0.15) is 37.0 Å². The van der Waals surface area contributed by atoms with Gasteiger partial charge < -0.3 is 24.1 Å². The summed E-state index contributed by atoms with van der Waals surface area (Å²) in [5.41, 5.74) is 0.437. The van der Waals surface area contributed by atoms with Gasteiger partial charge in [0.1, 0.15) is 29.1 Å². The van der Waals surface area contributed by atoms with Gasteiger partial charge in [0.2, 0.25) is 0 Å². The van der Waals surface area contributed by atoms with Crippen LogP contribution >= 0.6 is 0 Å². The molecule has 1 aliphatic rings. The van der Waals surface area contributed by atoms with Gasteiger partial charge in [-0.15, -0.1) is 0 Å². The number of likely N-dealkylation sites (N-methyl/N-ethyl adjacent to an activating group) is 1. The number of aryl methyl sites for hydroxylation is 1. The average molecular weight is 412 g/mol. The standard InChI is InChI=1S/C23H28N2O5/c1-5-24(6-2)12-13-25-20(18-11-10-15(3)30-18)19(22(27)23(25)28)21(26)16-8-7-9-17(14-16)29-4/h7-11,14,20,26H,5-6,12-13H2,1-4H3/b21-19+/t20-/m0/s1. The van der Waals surface area contributed by atoms with E-state index in [1.54, 1.807) is 43.3 Å². The summed E-state index contributed by atoms with van der Waals surface area (Å²) in [5, 5.41) is 11.0. The molecule has 0 spiro atoms. The van der Waals surface area contributed by atoms with Crippen LogP contribution in [-0.4, -0.2) is 59.9 Å². The Morgan fingerprint density at radius 1 is 1.20 bits per heavy atom. The number of carbonyl (C=O) groups is 2. The molecule has 1 atom stereocenters. The number of ether oxygens (including phenoxy) is 1. The Balaban J connectivity index is 2.07. The van der Waals surface area contributed by atoms with Crippen LogP contribution in [0.3, 0.4) is 0 Å². The van der Waals surface area contributed by atoms with Crippen LogP contribution in [0.15, 0.2) is 46.4 Å². The first-order valence-electron chi connectivity index (χ1n) is 10.1. The Morgan fingerprint density at radius 2 is 1.93 bits per heavy atom. The molecule has 0 radical (unpaired) electrons. The lowest BCUT2D eigenvalue weighted by molar-refractivity contribution is -0.140. The first-order chi connectivity index (χ1) is 14.4. The van der Waals surface area contributed by atoms with Crippen LogP contribution in [0.5, 0.6) is 5.75 Å². The van der Waals surface area contributed by atoms with Crippen molar-refractivity contribution in [3.05, 3.63) is 59.1 Å². The van der Waals surface area contributed by atoms with E-state index in [9.17, 15) is 14.7 Å². The number of nitrogens with zero attached hydrogens (tertiary/aromatic N) is 2. The number of benzene rings is 1. The first-order valence-corrected chi connectivity index (χ1v) is 10.1. The Bertz CT molecular complexity index is 958. The number of carbonyl (C=O) groups excluding carboxylic acids is 2. The van der Waals surface area contributed by atoms with Crippen molar-refractivity contribution >= 4 is 17.4 Å². The molecular weight excluding hydrogens is 384 g/mol. The fraction of sp³-hybridized carbons (Fsp3) is 0.391. The van der Waals surface area contributed by atoms with E-state index in [2.05, 4.69) is 4.90 Å². The maximum atomic E-state index is 13.0. The van der Waals surface area contributed by atoms with Crippen LogP contribution in [-0.2, 0) is 9.59 Å². The SMILES string of the molecule is CCN(CC)CCN1C(=O)C(=O)/C(=C(/O)c2cccc(OC)c2)[C@@H]1c1ccc(C)o1. The molecule has 3 rings (SSSR count). The zero-order valence-corrected chi connectivity index (χ0v) is 17.8. The molecule has 160 valence electrons. The van der Waals surface area contributed by atoms with Crippen molar-refractivity contribution in [3.63, 3.8) is 0 Å². The molecule has 1 aromatic carbocycles. The van der Waals surface area contributed by atoms with Gasteiger partial charge in [-0.05, 0) is 44.3 Å². The molecule has 0 aliphatic carbocycles. The Kier molecular flexibility index (Phi) is 6.62. The highest BCUT2D eigenvalue weighted by molar-refractivity contribution is 6.46. The zero-order chi connectivity index (χ0) is 21.8. The van der Waals surface area contributed by atoms with Crippen molar-refractivity contribution in [2.75, 3.05) is 33.3 Å². The topological polar surface area (TPSA) is 83.2 Å². The van der Waals surface area contributed by atoms with Gasteiger partial charge in [0.25, 0.3) is 11.7 Å². The summed E-state index contributed by atoms with van der Waals surface area (Å²) in [6, 6.07) is 9.51. The Labute approximate surface area is 176 Å². The van der Waals surface area contributed by atoms with Crippen molar-refractivity contribution < 1.29 is 23.8 Å². The van der Waals surface area contributed by atoms with E-state index in [4.69, 9.17) is 9.15 Å². The molecule has 1 saturated heterocycles. The molecule has 0 unspecified atom stereocenters. The van der Waals surface area contributed by atoms with E-state index < -0.39 is 17.7 Å². The van der Waals surface area contributed by atoms with E-state index in [1.807, 2.05) is 13.8 Å². The third-order valence-electron chi connectivity index (χ3n) is 5.47. The number of methoxy groups -OCH3 is 1. The second kappa shape index (κ2) is 9.17. The first kappa shape index (κ1) is 21.6. The van der Waals surface area contributed by atoms with Crippen LogP contribution in [0, 0.1) is 6.92 Å². The maximum Gasteiger partial charge on any atom is 0.295 e. The molecule has 30 heavy (non-hydrogen) atoms.